The number of nitrogens with zero attached hydrogens (tertiary/aromatic N) is 1. The van der Waals surface area contributed by atoms with Crippen molar-refractivity contribution in [2.24, 2.45) is 0 Å². The molecule has 1 atom stereocenters. The molecule has 0 spiro atoms. The van der Waals surface area contributed by atoms with Crippen LogP contribution in [0.3, 0.4) is 0 Å². The second-order valence-corrected chi connectivity index (χ2v) is 4.95. The van der Waals surface area contributed by atoms with Gasteiger partial charge in [-0.1, -0.05) is 6.92 Å². The molecule has 0 radical (unpaired) electrons. The van der Waals surface area contributed by atoms with E-state index >= 15 is 0 Å². The number of halogens is 3. The van der Waals surface area contributed by atoms with Gasteiger partial charge in [0, 0.05) is 19.2 Å². The molecule has 2 heterocycles. The fraction of sp³-hybridized carbons (Fsp3) is 0.643. The Morgan fingerprint density at radius 3 is 2.86 bits per heavy atom. The minimum absolute atomic E-state index is 0.0288. The molecule has 0 amide bonds. The second kappa shape index (κ2) is 6.98. The van der Waals surface area contributed by atoms with Crippen molar-refractivity contribution in [3.05, 3.63) is 17.7 Å². The van der Waals surface area contributed by atoms with Crippen LogP contribution in [-0.4, -0.2) is 30.8 Å². The van der Waals surface area contributed by atoms with E-state index in [4.69, 9.17) is 9.47 Å². The fourth-order valence-corrected chi connectivity index (χ4v) is 2.04. The molecule has 1 aliphatic heterocycles. The highest BCUT2D eigenvalue weighted by atomic mass is 19.4. The van der Waals surface area contributed by atoms with Crippen LogP contribution in [0.5, 0.6) is 5.88 Å². The molecule has 1 aromatic rings. The molecule has 118 valence electrons. The quantitative estimate of drug-likeness (QED) is 0.874. The van der Waals surface area contributed by atoms with Crippen LogP contribution in [0.4, 0.5) is 19.0 Å². The van der Waals surface area contributed by atoms with Crippen molar-refractivity contribution < 1.29 is 22.6 Å². The highest BCUT2D eigenvalue weighted by molar-refractivity contribution is 5.42. The lowest BCUT2D eigenvalue weighted by Crippen LogP contribution is -2.17. The summed E-state index contributed by atoms with van der Waals surface area (Å²) in [6.07, 6.45) is -1.88. The van der Waals surface area contributed by atoms with Crippen molar-refractivity contribution in [2.45, 2.75) is 38.5 Å². The Hall–Kier alpha value is -1.50. The van der Waals surface area contributed by atoms with Gasteiger partial charge in [-0.3, -0.25) is 0 Å². The van der Waals surface area contributed by atoms with Crippen LogP contribution in [0.2, 0.25) is 0 Å². The topological polar surface area (TPSA) is 43.4 Å². The van der Waals surface area contributed by atoms with E-state index in [1.165, 1.54) is 0 Å². The molecule has 1 aliphatic rings. The Bertz CT molecular complexity index is 460. The van der Waals surface area contributed by atoms with Crippen molar-refractivity contribution in [1.29, 1.82) is 0 Å². The first-order valence-corrected chi connectivity index (χ1v) is 7.06. The number of alkyl halides is 3. The maximum Gasteiger partial charge on any atom is 0.416 e. The molecule has 7 heteroatoms. The average molecular weight is 304 g/mol. The summed E-state index contributed by atoms with van der Waals surface area (Å²) in [5, 5.41) is 2.85. The monoisotopic (exact) mass is 304 g/mol. The molecule has 1 N–H and O–H groups in total. The zero-order valence-corrected chi connectivity index (χ0v) is 11.9. The first-order valence-electron chi connectivity index (χ1n) is 7.06. The predicted octanol–water partition coefficient (Wildman–Crippen LogP) is 3.48. The number of aromatic nitrogens is 1. The van der Waals surface area contributed by atoms with Crippen LogP contribution in [0.25, 0.3) is 0 Å². The van der Waals surface area contributed by atoms with E-state index in [0.29, 0.717) is 13.2 Å². The van der Waals surface area contributed by atoms with Gasteiger partial charge < -0.3 is 14.8 Å². The van der Waals surface area contributed by atoms with Gasteiger partial charge in [-0.25, -0.2) is 0 Å². The van der Waals surface area contributed by atoms with Crippen LogP contribution in [0.15, 0.2) is 12.1 Å². The van der Waals surface area contributed by atoms with Gasteiger partial charge in [0.05, 0.1) is 11.7 Å². The lowest BCUT2D eigenvalue weighted by molar-refractivity contribution is -0.137. The summed E-state index contributed by atoms with van der Waals surface area (Å²) in [5.41, 5.74) is -0.765. The summed E-state index contributed by atoms with van der Waals surface area (Å²) in [4.78, 5) is 4.06. The van der Waals surface area contributed by atoms with Crippen molar-refractivity contribution in [2.75, 3.05) is 25.1 Å². The number of nitrogens with one attached hydrogen (secondary N) is 1. The SMILES string of the molecule is CCCNc1cc(C(F)(F)F)cc(OCC2CCCO2)n1. The lowest BCUT2D eigenvalue weighted by Gasteiger charge is -2.14. The normalized spacial score (nSPS) is 18.8. The fourth-order valence-electron chi connectivity index (χ4n) is 2.04. The molecular weight excluding hydrogens is 285 g/mol. The number of anilines is 1. The molecule has 4 nitrogen and oxygen atoms in total. The molecule has 0 aliphatic carbocycles. The third-order valence-electron chi connectivity index (χ3n) is 3.13. The Balaban J connectivity index is 2.09. The molecule has 0 bridgehead atoms. The summed E-state index contributed by atoms with van der Waals surface area (Å²) in [6.45, 7) is 3.38. The van der Waals surface area contributed by atoms with Crippen molar-refractivity contribution in [1.82, 2.24) is 4.98 Å². The summed E-state index contributed by atoms with van der Waals surface area (Å²) in [6, 6.07) is 1.92. The molecule has 21 heavy (non-hydrogen) atoms. The van der Waals surface area contributed by atoms with E-state index in [1.54, 1.807) is 0 Å². The highest BCUT2D eigenvalue weighted by Gasteiger charge is 2.32. The number of rotatable bonds is 6. The van der Waals surface area contributed by atoms with E-state index in [0.717, 1.165) is 31.4 Å². The van der Waals surface area contributed by atoms with Gasteiger partial charge in [0.1, 0.15) is 12.4 Å². The smallest absolute Gasteiger partial charge is 0.416 e. The largest absolute Gasteiger partial charge is 0.475 e. The van der Waals surface area contributed by atoms with Crippen LogP contribution >= 0.6 is 0 Å². The van der Waals surface area contributed by atoms with Crippen molar-refractivity contribution in [3.63, 3.8) is 0 Å². The third-order valence-corrected chi connectivity index (χ3v) is 3.13. The van der Waals surface area contributed by atoms with Crippen LogP contribution in [-0.2, 0) is 10.9 Å². The molecule has 1 unspecified atom stereocenters. The number of hydrogen-bond acceptors (Lipinski definition) is 4. The minimum atomic E-state index is -4.42. The molecule has 2 rings (SSSR count). The summed E-state index contributed by atoms with van der Waals surface area (Å²) >= 11 is 0. The van der Waals surface area contributed by atoms with Gasteiger partial charge >= 0.3 is 6.18 Å². The van der Waals surface area contributed by atoms with Gasteiger partial charge in [-0.15, -0.1) is 0 Å². The maximum absolute atomic E-state index is 12.9. The van der Waals surface area contributed by atoms with Crippen LogP contribution in [0, 0.1) is 0 Å². The third kappa shape index (κ3) is 4.77. The summed E-state index contributed by atoms with van der Waals surface area (Å²) in [7, 11) is 0. The van der Waals surface area contributed by atoms with E-state index < -0.39 is 11.7 Å². The second-order valence-electron chi connectivity index (χ2n) is 4.95. The Morgan fingerprint density at radius 2 is 2.24 bits per heavy atom. The first kappa shape index (κ1) is 15.9. The van der Waals surface area contributed by atoms with Crippen LogP contribution in [0.1, 0.15) is 31.7 Å². The van der Waals surface area contributed by atoms with Gasteiger partial charge in [0.2, 0.25) is 5.88 Å². The summed E-state index contributed by atoms with van der Waals surface area (Å²) in [5.74, 6) is 0.146. The molecule has 1 saturated heterocycles. The summed E-state index contributed by atoms with van der Waals surface area (Å²) < 4.78 is 49.4. The minimum Gasteiger partial charge on any atom is -0.475 e. The standard InChI is InChI=1S/C14H19F3N2O2/c1-2-5-18-12-7-10(14(15,16)17)8-13(19-12)21-9-11-4-3-6-20-11/h7-8,11H,2-6,9H2,1H3,(H,18,19). The lowest BCUT2D eigenvalue weighted by atomic mass is 10.2. The zero-order valence-electron chi connectivity index (χ0n) is 11.9. The number of ether oxygens (including phenoxy) is 2. The van der Waals surface area contributed by atoms with Crippen molar-refractivity contribution in [3.8, 4) is 5.88 Å². The Morgan fingerprint density at radius 1 is 1.43 bits per heavy atom. The molecular formula is C14H19F3N2O2. The average Bonchev–Trinajstić information content (AvgIpc) is 2.95. The number of hydrogen-bond donors (Lipinski definition) is 1. The van der Waals surface area contributed by atoms with Crippen LogP contribution < -0.4 is 10.1 Å². The molecule has 1 aromatic heterocycles. The van der Waals surface area contributed by atoms with E-state index in [-0.39, 0.29) is 24.4 Å². The highest BCUT2D eigenvalue weighted by Crippen LogP contribution is 2.32. The number of pyridine rings is 1. The molecule has 0 aromatic carbocycles. The van der Waals surface area contributed by atoms with Gasteiger partial charge in [0.15, 0.2) is 0 Å². The molecule has 0 saturated carbocycles. The predicted molar refractivity (Wildman–Crippen MR) is 72.5 cm³/mol. The molecule has 1 fully saturated rings. The Kier molecular flexibility index (Phi) is 5.27. The van der Waals surface area contributed by atoms with Gasteiger partial charge in [-0.2, -0.15) is 18.2 Å². The van der Waals surface area contributed by atoms with Gasteiger partial charge in [0.25, 0.3) is 0 Å². The maximum atomic E-state index is 12.9. The van der Waals surface area contributed by atoms with Gasteiger partial charge in [-0.05, 0) is 25.3 Å². The van der Waals surface area contributed by atoms with E-state index in [1.807, 2.05) is 6.92 Å². The first-order chi connectivity index (χ1) is 9.99. The zero-order chi connectivity index (χ0) is 15.3. The Labute approximate surface area is 121 Å². The van der Waals surface area contributed by atoms with Crippen molar-refractivity contribution >= 4 is 5.82 Å². The van der Waals surface area contributed by atoms with E-state index in [2.05, 4.69) is 10.3 Å². The van der Waals surface area contributed by atoms with E-state index in [9.17, 15) is 13.2 Å².